The third-order valence-corrected chi connectivity index (χ3v) is 4.98. The number of hydrogen-bond donors (Lipinski definition) is 0. The lowest BCUT2D eigenvalue weighted by atomic mass is 10.3. The van der Waals surface area contributed by atoms with E-state index in [4.69, 9.17) is 11.6 Å². The van der Waals surface area contributed by atoms with Crippen molar-refractivity contribution in [2.24, 2.45) is 0 Å². The monoisotopic (exact) mass is 339 g/mol. The summed E-state index contributed by atoms with van der Waals surface area (Å²) in [6.45, 7) is 2.27. The first-order valence-corrected chi connectivity index (χ1v) is 7.87. The standard InChI is InChI=1S/C11H15BrClNO2S/c1-9(13)7-8-14(2)17(15,16)11-5-3-10(12)4-6-11/h3-6,9H,7-8H2,1-2H3. The number of hydrogen-bond acceptors (Lipinski definition) is 2. The summed E-state index contributed by atoms with van der Waals surface area (Å²) in [6.07, 6.45) is 0.633. The van der Waals surface area contributed by atoms with Crippen LogP contribution in [0.4, 0.5) is 0 Å². The third kappa shape index (κ3) is 4.25. The number of nitrogens with zero attached hydrogens (tertiary/aromatic N) is 1. The van der Waals surface area contributed by atoms with Gasteiger partial charge in [0, 0.05) is 23.4 Å². The molecule has 1 aromatic carbocycles. The van der Waals surface area contributed by atoms with Crippen molar-refractivity contribution in [1.29, 1.82) is 0 Å². The Morgan fingerprint density at radius 3 is 2.35 bits per heavy atom. The Balaban J connectivity index is 2.84. The van der Waals surface area contributed by atoms with Gasteiger partial charge in [-0.2, -0.15) is 0 Å². The molecule has 0 aliphatic carbocycles. The second-order valence-corrected chi connectivity index (χ2v) is 7.56. The van der Waals surface area contributed by atoms with Crippen LogP contribution in [0.1, 0.15) is 13.3 Å². The molecule has 0 spiro atoms. The second-order valence-electron chi connectivity index (χ2n) is 3.85. The molecule has 1 rings (SSSR count). The number of benzene rings is 1. The van der Waals surface area contributed by atoms with E-state index in [1.54, 1.807) is 31.3 Å². The van der Waals surface area contributed by atoms with Crippen molar-refractivity contribution in [3.05, 3.63) is 28.7 Å². The zero-order chi connectivity index (χ0) is 13.1. The van der Waals surface area contributed by atoms with Crippen LogP contribution in [-0.2, 0) is 10.0 Å². The van der Waals surface area contributed by atoms with Gasteiger partial charge < -0.3 is 0 Å². The lowest BCUT2D eigenvalue weighted by Gasteiger charge is -2.17. The van der Waals surface area contributed by atoms with E-state index >= 15 is 0 Å². The zero-order valence-corrected chi connectivity index (χ0v) is 12.9. The zero-order valence-electron chi connectivity index (χ0n) is 9.73. The van der Waals surface area contributed by atoms with Gasteiger partial charge in [-0.25, -0.2) is 12.7 Å². The Labute approximate surface area is 116 Å². The first-order chi connectivity index (χ1) is 7.84. The van der Waals surface area contributed by atoms with E-state index < -0.39 is 10.0 Å². The third-order valence-electron chi connectivity index (χ3n) is 2.36. The number of halogens is 2. The molecule has 17 heavy (non-hydrogen) atoms. The first-order valence-electron chi connectivity index (χ1n) is 5.20. The van der Waals surface area contributed by atoms with Gasteiger partial charge in [0.25, 0.3) is 0 Å². The fourth-order valence-electron chi connectivity index (χ4n) is 1.27. The van der Waals surface area contributed by atoms with Crippen LogP contribution in [0.2, 0.25) is 0 Å². The van der Waals surface area contributed by atoms with E-state index in [1.807, 2.05) is 6.92 Å². The minimum absolute atomic E-state index is 0.0300. The number of rotatable bonds is 5. The van der Waals surface area contributed by atoms with Gasteiger partial charge in [-0.3, -0.25) is 0 Å². The Morgan fingerprint density at radius 1 is 1.35 bits per heavy atom. The number of sulfonamides is 1. The van der Waals surface area contributed by atoms with Gasteiger partial charge >= 0.3 is 0 Å². The molecular weight excluding hydrogens is 326 g/mol. The van der Waals surface area contributed by atoms with Crippen LogP contribution in [0.25, 0.3) is 0 Å². The van der Waals surface area contributed by atoms with E-state index in [1.165, 1.54) is 4.31 Å². The largest absolute Gasteiger partial charge is 0.242 e. The highest BCUT2D eigenvalue weighted by Gasteiger charge is 2.20. The molecule has 0 bridgehead atoms. The minimum atomic E-state index is -3.40. The summed E-state index contributed by atoms with van der Waals surface area (Å²) >= 11 is 9.08. The molecule has 0 saturated carbocycles. The van der Waals surface area contributed by atoms with Crippen LogP contribution in [0, 0.1) is 0 Å². The van der Waals surface area contributed by atoms with Crippen molar-refractivity contribution < 1.29 is 8.42 Å². The van der Waals surface area contributed by atoms with Crippen molar-refractivity contribution in [1.82, 2.24) is 4.31 Å². The number of alkyl halides is 1. The SMILES string of the molecule is CC(Cl)CCN(C)S(=O)(=O)c1ccc(Br)cc1. The summed E-state index contributed by atoms with van der Waals surface area (Å²) in [5.41, 5.74) is 0. The summed E-state index contributed by atoms with van der Waals surface area (Å²) in [6, 6.07) is 6.59. The Kier molecular flexibility index (Phi) is 5.44. The highest BCUT2D eigenvalue weighted by atomic mass is 79.9. The molecule has 0 N–H and O–H groups in total. The molecule has 1 atom stereocenters. The topological polar surface area (TPSA) is 37.4 Å². The van der Waals surface area contributed by atoms with E-state index in [-0.39, 0.29) is 5.38 Å². The maximum Gasteiger partial charge on any atom is 0.242 e. The molecule has 1 aromatic rings. The highest BCUT2D eigenvalue weighted by molar-refractivity contribution is 9.10. The van der Waals surface area contributed by atoms with E-state index in [2.05, 4.69) is 15.9 Å². The predicted molar refractivity (Wildman–Crippen MR) is 73.9 cm³/mol. The lowest BCUT2D eigenvalue weighted by molar-refractivity contribution is 0.460. The van der Waals surface area contributed by atoms with Crippen molar-refractivity contribution in [2.75, 3.05) is 13.6 Å². The molecule has 0 heterocycles. The molecular formula is C11H15BrClNO2S. The average molecular weight is 341 g/mol. The maximum absolute atomic E-state index is 12.1. The molecule has 0 fully saturated rings. The molecule has 0 amide bonds. The van der Waals surface area contributed by atoms with Crippen LogP contribution < -0.4 is 0 Å². The van der Waals surface area contributed by atoms with Crippen LogP contribution in [0.5, 0.6) is 0 Å². The lowest BCUT2D eigenvalue weighted by Crippen LogP contribution is -2.29. The molecule has 0 aliphatic heterocycles. The minimum Gasteiger partial charge on any atom is -0.207 e. The summed E-state index contributed by atoms with van der Waals surface area (Å²) in [5, 5.41) is -0.0300. The summed E-state index contributed by atoms with van der Waals surface area (Å²) in [5.74, 6) is 0. The van der Waals surface area contributed by atoms with E-state index in [0.29, 0.717) is 17.9 Å². The van der Waals surface area contributed by atoms with E-state index in [9.17, 15) is 8.42 Å². The second kappa shape index (κ2) is 6.18. The smallest absolute Gasteiger partial charge is 0.207 e. The molecule has 96 valence electrons. The summed E-state index contributed by atoms with van der Waals surface area (Å²) < 4.78 is 26.4. The van der Waals surface area contributed by atoms with Crippen LogP contribution in [0.15, 0.2) is 33.6 Å². The van der Waals surface area contributed by atoms with Crippen molar-refractivity contribution in [3.63, 3.8) is 0 Å². The summed E-state index contributed by atoms with van der Waals surface area (Å²) in [4.78, 5) is 0.297. The van der Waals surface area contributed by atoms with Gasteiger partial charge in [-0.05, 0) is 37.6 Å². The van der Waals surface area contributed by atoms with Gasteiger partial charge in [-0.1, -0.05) is 15.9 Å². The van der Waals surface area contributed by atoms with Crippen molar-refractivity contribution in [3.8, 4) is 0 Å². The van der Waals surface area contributed by atoms with Crippen LogP contribution in [0.3, 0.4) is 0 Å². The molecule has 0 saturated heterocycles. The quantitative estimate of drug-likeness (QED) is 0.772. The predicted octanol–water partition coefficient (Wildman–Crippen LogP) is 3.09. The molecule has 6 heteroatoms. The first kappa shape index (κ1) is 15.0. The van der Waals surface area contributed by atoms with Gasteiger partial charge in [0.2, 0.25) is 10.0 Å². The molecule has 0 aromatic heterocycles. The Hall–Kier alpha value is -0.100. The van der Waals surface area contributed by atoms with Crippen molar-refractivity contribution >= 4 is 37.6 Å². The summed E-state index contributed by atoms with van der Waals surface area (Å²) in [7, 11) is -1.83. The van der Waals surface area contributed by atoms with Gasteiger partial charge in [0.15, 0.2) is 0 Å². The van der Waals surface area contributed by atoms with Gasteiger partial charge in [0.1, 0.15) is 0 Å². The van der Waals surface area contributed by atoms with Crippen LogP contribution >= 0.6 is 27.5 Å². The fourth-order valence-corrected chi connectivity index (χ4v) is 2.81. The van der Waals surface area contributed by atoms with Gasteiger partial charge in [0.05, 0.1) is 4.90 Å². The van der Waals surface area contributed by atoms with Crippen LogP contribution in [-0.4, -0.2) is 31.7 Å². The Morgan fingerprint density at radius 2 is 1.88 bits per heavy atom. The van der Waals surface area contributed by atoms with Crippen molar-refractivity contribution in [2.45, 2.75) is 23.6 Å². The molecule has 0 aliphatic rings. The fraction of sp³-hybridized carbons (Fsp3) is 0.455. The normalized spacial score (nSPS) is 13.9. The molecule has 0 radical (unpaired) electrons. The average Bonchev–Trinajstić information content (AvgIpc) is 2.26. The Bertz CT molecular complexity index is 459. The highest BCUT2D eigenvalue weighted by Crippen LogP contribution is 2.18. The van der Waals surface area contributed by atoms with E-state index in [0.717, 1.165) is 4.47 Å². The molecule has 3 nitrogen and oxygen atoms in total. The maximum atomic E-state index is 12.1. The molecule has 1 unspecified atom stereocenters. The van der Waals surface area contributed by atoms with Gasteiger partial charge in [-0.15, -0.1) is 11.6 Å².